The first kappa shape index (κ1) is 22.6. The number of benzene rings is 3. The van der Waals surface area contributed by atoms with Crippen LogP contribution in [0, 0.1) is 5.92 Å². The Morgan fingerprint density at radius 1 is 0.818 bits per heavy atom. The van der Waals surface area contributed by atoms with Gasteiger partial charge in [-0.2, -0.15) is 0 Å². The lowest BCUT2D eigenvalue weighted by molar-refractivity contribution is -0.181. The molecule has 1 saturated carbocycles. The van der Waals surface area contributed by atoms with Crippen molar-refractivity contribution < 1.29 is 24.4 Å². The van der Waals surface area contributed by atoms with Crippen molar-refractivity contribution in [2.45, 2.75) is 47.5 Å². The Labute approximate surface area is 198 Å². The van der Waals surface area contributed by atoms with Crippen molar-refractivity contribution in [3.05, 3.63) is 102 Å². The van der Waals surface area contributed by atoms with E-state index in [-0.39, 0.29) is 12.0 Å². The van der Waals surface area contributed by atoms with Crippen LogP contribution >= 0.6 is 11.8 Å². The Kier molecular flexibility index (Phi) is 6.83. The first-order valence-electron chi connectivity index (χ1n) is 11.2. The van der Waals surface area contributed by atoms with Gasteiger partial charge in [-0.1, -0.05) is 90.6 Å². The minimum Gasteiger partial charge on any atom is -0.389 e. The smallest absolute Gasteiger partial charge is 0.134 e. The maximum atomic E-state index is 11.3. The molecule has 0 radical (unpaired) electrons. The van der Waals surface area contributed by atoms with Gasteiger partial charge in [-0.15, -0.1) is 0 Å². The first-order valence-corrected chi connectivity index (χ1v) is 12.1. The summed E-state index contributed by atoms with van der Waals surface area (Å²) in [5.74, 6) is -0.429. The normalized spacial score (nSPS) is 30.5. The van der Waals surface area contributed by atoms with Gasteiger partial charge in [-0.05, 0) is 23.3 Å². The molecular formula is C27H28O5S. The zero-order chi connectivity index (χ0) is 22.7. The SMILES string of the molecule is OC1C2C(OCc3ccccc3)[C@H](Sc3ccccc3)OC(COCc3ccccc3)C12O. The van der Waals surface area contributed by atoms with Crippen molar-refractivity contribution in [1.82, 2.24) is 0 Å². The van der Waals surface area contributed by atoms with E-state index in [4.69, 9.17) is 14.2 Å². The van der Waals surface area contributed by atoms with Gasteiger partial charge in [0.1, 0.15) is 23.2 Å². The molecule has 6 atom stereocenters. The molecule has 3 aromatic rings. The quantitative estimate of drug-likeness (QED) is 0.499. The van der Waals surface area contributed by atoms with E-state index < -0.39 is 29.8 Å². The minimum absolute atomic E-state index is 0.191. The van der Waals surface area contributed by atoms with E-state index in [1.165, 1.54) is 0 Å². The molecule has 1 saturated heterocycles. The third-order valence-corrected chi connectivity index (χ3v) is 7.49. The molecular weight excluding hydrogens is 436 g/mol. The molecule has 1 heterocycles. The van der Waals surface area contributed by atoms with Crippen molar-refractivity contribution in [3.63, 3.8) is 0 Å². The summed E-state index contributed by atoms with van der Waals surface area (Å²) in [4.78, 5) is 1.04. The zero-order valence-corrected chi connectivity index (χ0v) is 19.0. The highest BCUT2D eigenvalue weighted by Gasteiger charge is 2.75. The summed E-state index contributed by atoms with van der Waals surface area (Å²) in [5, 5.41) is 22.0. The lowest BCUT2D eigenvalue weighted by Gasteiger charge is -2.38. The molecule has 5 rings (SSSR count). The maximum absolute atomic E-state index is 11.3. The number of fused-ring (bicyclic) bond motifs is 1. The van der Waals surface area contributed by atoms with E-state index in [0.29, 0.717) is 13.2 Å². The number of rotatable bonds is 9. The fourth-order valence-corrected chi connectivity index (χ4v) is 5.63. The predicted octanol–water partition coefficient (Wildman–Crippen LogP) is 4.03. The van der Waals surface area contributed by atoms with Gasteiger partial charge in [0.15, 0.2) is 0 Å². The number of hydrogen-bond donors (Lipinski definition) is 2. The molecule has 5 unspecified atom stereocenters. The Bertz CT molecular complexity index is 1010. The fourth-order valence-electron chi connectivity index (χ4n) is 4.48. The zero-order valence-electron chi connectivity index (χ0n) is 18.2. The van der Waals surface area contributed by atoms with Crippen LogP contribution in [-0.4, -0.2) is 46.2 Å². The summed E-state index contributed by atoms with van der Waals surface area (Å²) in [5.41, 5.74) is 0.329. The predicted molar refractivity (Wildman–Crippen MR) is 127 cm³/mol. The molecule has 3 aromatic carbocycles. The van der Waals surface area contributed by atoms with Crippen LogP contribution in [0.3, 0.4) is 0 Å². The molecule has 2 fully saturated rings. The summed E-state index contributed by atoms with van der Waals surface area (Å²) in [6.45, 7) is 0.993. The van der Waals surface area contributed by atoms with Gasteiger partial charge in [0.25, 0.3) is 0 Å². The molecule has 0 spiro atoms. The van der Waals surface area contributed by atoms with Crippen molar-refractivity contribution >= 4 is 11.8 Å². The Balaban J connectivity index is 1.31. The molecule has 33 heavy (non-hydrogen) atoms. The number of aliphatic hydroxyl groups excluding tert-OH is 1. The van der Waals surface area contributed by atoms with Gasteiger partial charge in [0.2, 0.25) is 0 Å². The number of thioether (sulfide) groups is 1. The standard InChI is InChI=1S/C27H28O5S/c28-25-23-24(31-17-20-12-6-2-7-13-20)26(33-21-14-8-3-9-15-21)32-22(27(23,25)29)18-30-16-19-10-4-1-5-11-19/h1-15,22-26,28-29H,16-18H2/t22?,23?,24?,25?,26-,27?/m0/s1. The second-order valence-electron chi connectivity index (χ2n) is 8.54. The molecule has 1 aliphatic carbocycles. The maximum Gasteiger partial charge on any atom is 0.134 e. The molecule has 6 heteroatoms. The van der Waals surface area contributed by atoms with E-state index in [2.05, 4.69) is 0 Å². The van der Waals surface area contributed by atoms with Gasteiger partial charge in [0.05, 0.1) is 31.8 Å². The number of ether oxygens (including phenoxy) is 3. The van der Waals surface area contributed by atoms with Crippen LogP contribution in [0.4, 0.5) is 0 Å². The Morgan fingerprint density at radius 2 is 1.39 bits per heavy atom. The summed E-state index contributed by atoms with van der Waals surface area (Å²) in [7, 11) is 0. The highest BCUT2D eigenvalue weighted by molar-refractivity contribution is 7.99. The minimum atomic E-state index is -1.37. The van der Waals surface area contributed by atoms with E-state index >= 15 is 0 Å². The van der Waals surface area contributed by atoms with Crippen molar-refractivity contribution in [2.75, 3.05) is 6.61 Å². The van der Waals surface area contributed by atoms with Crippen LogP contribution in [0.1, 0.15) is 11.1 Å². The lowest BCUT2D eigenvalue weighted by Crippen LogP contribution is -2.50. The highest BCUT2D eigenvalue weighted by Crippen LogP contribution is 2.57. The summed E-state index contributed by atoms with van der Waals surface area (Å²) in [6.07, 6.45) is -2.01. The lowest BCUT2D eigenvalue weighted by atomic mass is 10.0. The topological polar surface area (TPSA) is 68.2 Å². The van der Waals surface area contributed by atoms with E-state index in [0.717, 1.165) is 16.0 Å². The van der Waals surface area contributed by atoms with Crippen molar-refractivity contribution in [3.8, 4) is 0 Å². The molecule has 2 N–H and O–H groups in total. The molecule has 2 aliphatic rings. The summed E-state index contributed by atoms with van der Waals surface area (Å²) >= 11 is 1.55. The van der Waals surface area contributed by atoms with Crippen LogP contribution in [0.15, 0.2) is 95.9 Å². The molecule has 5 nitrogen and oxygen atoms in total. The second-order valence-corrected chi connectivity index (χ2v) is 9.72. The average molecular weight is 465 g/mol. The van der Waals surface area contributed by atoms with E-state index in [9.17, 15) is 10.2 Å². The van der Waals surface area contributed by atoms with Gasteiger partial charge in [-0.3, -0.25) is 0 Å². The molecule has 0 amide bonds. The highest BCUT2D eigenvalue weighted by atomic mass is 32.2. The third-order valence-electron chi connectivity index (χ3n) is 6.34. The summed E-state index contributed by atoms with van der Waals surface area (Å²) in [6, 6.07) is 29.7. The van der Waals surface area contributed by atoms with E-state index in [1.54, 1.807) is 11.8 Å². The van der Waals surface area contributed by atoms with Crippen LogP contribution in [0.2, 0.25) is 0 Å². The molecule has 0 bridgehead atoms. The molecule has 1 aliphatic heterocycles. The van der Waals surface area contributed by atoms with Gasteiger partial charge in [0, 0.05) is 4.90 Å². The van der Waals surface area contributed by atoms with Crippen LogP contribution < -0.4 is 0 Å². The van der Waals surface area contributed by atoms with Crippen LogP contribution in [-0.2, 0) is 27.4 Å². The number of aliphatic hydroxyl groups is 2. The second kappa shape index (κ2) is 9.97. The fraction of sp³-hybridized carbons (Fsp3) is 0.333. The Morgan fingerprint density at radius 3 is 2.03 bits per heavy atom. The molecule has 0 aromatic heterocycles. The Hall–Kier alpha value is -2.19. The van der Waals surface area contributed by atoms with Gasteiger partial charge < -0.3 is 24.4 Å². The summed E-state index contributed by atoms with van der Waals surface area (Å²) < 4.78 is 18.5. The third kappa shape index (κ3) is 4.87. The van der Waals surface area contributed by atoms with Crippen LogP contribution in [0.5, 0.6) is 0 Å². The molecule has 172 valence electrons. The van der Waals surface area contributed by atoms with Crippen molar-refractivity contribution in [2.24, 2.45) is 5.92 Å². The van der Waals surface area contributed by atoms with Gasteiger partial charge >= 0.3 is 0 Å². The van der Waals surface area contributed by atoms with E-state index in [1.807, 2.05) is 91.0 Å². The number of hydrogen-bond acceptors (Lipinski definition) is 6. The van der Waals surface area contributed by atoms with Gasteiger partial charge in [-0.25, -0.2) is 0 Å². The van der Waals surface area contributed by atoms with Crippen LogP contribution in [0.25, 0.3) is 0 Å². The average Bonchev–Trinajstić information content (AvgIpc) is 3.42. The van der Waals surface area contributed by atoms with Crippen molar-refractivity contribution in [1.29, 1.82) is 0 Å². The monoisotopic (exact) mass is 464 g/mol. The largest absolute Gasteiger partial charge is 0.389 e. The first-order chi connectivity index (χ1) is 16.2.